The van der Waals surface area contributed by atoms with Crippen LogP contribution in [0.15, 0.2) is 17.0 Å². The average molecular weight is 300 g/mol. The van der Waals surface area contributed by atoms with Gasteiger partial charge < -0.3 is 10.8 Å². The molecule has 1 rings (SSSR count). The summed E-state index contributed by atoms with van der Waals surface area (Å²) >= 11 is 0. The molecule has 0 bridgehead atoms. The second kappa shape index (κ2) is 6.11. The minimum Gasteiger partial charge on any atom is -0.398 e. The van der Waals surface area contributed by atoms with E-state index in [1.807, 2.05) is 20.8 Å². The number of aliphatic hydroxyl groups excluding tert-OH is 1. The molecule has 0 saturated carbocycles. The van der Waals surface area contributed by atoms with Gasteiger partial charge in [-0.1, -0.05) is 19.9 Å². The van der Waals surface area contributed by atoms with E-state index in [1.54, 1.807) is 19.1 Å². The van der Waals surface area contributed by atoms with Crippen LogP contribution in [0.25, 0.3) is 0 Å². The maximum absolute atomic E-state index is 12.6. The Balaban J connectivity index is 3.35. The number of sulfonamides is 1. The fraction of sp³-hybridized carbons (Fsp3) is 0.571. The van der Waals surface area contributed by atoms with Gasteiger partial charge in [-0.05, 0) is 43.9 Å². The first-order valence-corrected chi connectivity index (χ1v) is 8.22. The van der Waals surface area contributed by atoms with E-state index in [9.17, 15) is 13.5 Å². The molecular formula is C14H24N2O3S. The summed E-state index contributed by atoms with van der Waals surface area (Å²) in [6.45, 7) is 7.01. The quantitative estimate of drug-likeness (QED) is 0.697. The SMILES string of the molecule is CCC(CC)(CO)NS(=O)(=O)c1c(N)ccc(C)c1C. The van der Waals surface area contributed by atoms with Crippen molar-refractivity contribution in [1.29, 1.82) is 0 Å². The highest BCUT2D eigenvalue weighted by Crippen LogP contribution is 2.27. The van der Waals surface area contributed by atoms with Crippen molar-refractivity contribution in [3.63, 3.8) is 0 Å². The van der Waals surface area contributed by atoms with Gasteiger partial charge >= 0.3 is 0 Å². The highest BCUT2D eigenvalue weighted by Gasteiger charge is 2.33. The molecule has 0 atom stereocenters. The summed E-state index contributed by atoms with van der Waals surface area (Å²) in [6, 6.07) is 3.39. The summed E-state index contributed by atoms with van der Waals surface area (Å²) in [7, 11) is -3.77. The number of aliphatic hydroxyl groups is 1. The Morgan fingerprint density at radius 1 is 1.25 bits per heavy atom. The predicted octanol–water partition coefficient (Wildman–Crippen LogP) is 1.72. The molecule has 0 aliphatic rings. The third-order valence-corrected chi connectivity index (χ3v) is 5.76. The summed E-state index contributed by atoms with van der Waals surface area (Å²) in [5.41, 5.74) is 6.71. The van der Waals surface area contributed by atoms with Crippen molar-refractivity contribution in [3.05, 3.63) is 23.3 Å². The zero-order valence-corrected chi connectivity index (χ0v) is 13.3. The lowest BCUT2D eigenvalue weighted by Crippen LogP contribution is -2.50. The van der Waals surface area contributed by atoms with Crippen LogP contribution in [0.3, 0.4) is 0 Å². The van der Waals surface area contributed by atoms with E-state index < -0.39 is 15.6 Å². The molecular weight excluding hydrogens is 276 g/mol. The number of anilines is 1. The Labute approximate surface area is 121 Å². The number of hydrogen-bond acceptors (Lipinski definition) is 4. The van der Waals surface area contributed by atoms with E-state index in [1.165, 1.54) is 0 Å². The maximum atomic E-state index is 12.6. The van der Waals surface area contributed by atoms with Crippen LogP contribution in [-0.4, -0.2) is 25.7 Å². The first kappa shape index (κ1) is 16.9. The van der Waals surface area contributed by atoms with E-state index >= 15 is 0 Å². The van der Waals surface area contributed by atoms with Gasteiger partial charge in [0.25, 0.3) is 0 Å². The zero-order valence-electron chi connectivity index (χ0n) is 12.5. The van der Waals surface area contributed by atoms with E-state index in [2.05, 4.69) is 4.72 Å². The standard InChI is InChI=1S/C14H24N2O3S/c1-5-14(6-2,9-17)16-20(18,19)13-11(4)10(3)7-8-12(13)15/h7-8,16-17H,5-6,9,15H2,1-4H3. The molecule has 114 valence electrons. The van der Waals surface area contributed by atoms with Gasteiger partial charge in [0.05, 0.1) is 17.8 Å². The second-order valence-corrected chi connectivity index (χ2v) is 6.80. The lowest BCUT2D eigenvalue weighted by atomic mass is 9.96. The fourth-order valence-corrected chi connectivity index (χ4v) is 4.12. The first-order valence-electron chi connectivity index (χ1n) is 6.73. The summed E-state index contributed by atoms with van der Waals surface area (Å²) in [5.74, 6) is 0. The minimum atomic E-state index is -3.77. The third-order valence-electron chi connectivity index (χ3n) is 3.98. The van der Waals surface area contributed by atoms with Gasteiger partial charge in [0.15, 0.2) is 0 Å². The van der Waals surface area contributed by atoms with E-state index in [-0.39, 0.29) is 17.2 Å². The topological polar surface area (TPSA) is 92.4 Å². The molecule has 0 amide bonds. The summed E-state index contributed by atoms with van der Waals surface area (Å²) in [4.78, 5) is 0.109. The van der Waals surface area contributed by atoms with Gasteiger partial charge in [-0.3, -0.25) is 0 Å². The number of hydrogen-bond donors (Lipinski definition) is 3. The van der Waals surface area contributed by atoms with Gasteiger partial charge in [0.2, 0.25) is 10.0 Å². The smallest absolute Gasteiger partial charge is 0.243 e. The monoisotopic (exact) mass is 300 g/mol. The van der Waals surface area contributed by atoms with Crippen molar-refractivity contribution >= 4 is 15.7 Å². The highest BCUT2D eigenvalue weighted by molar-refractivity contribution is 7.89. The van der Waals surface area contributed by atoms with Crippen molar-refractivity contribution in [2.45, 2.75) is 51.0 Å². The lowest BCUT2D eigenvalue weighted by Gasteiger charge is -2.31. The van der Waals surface area contributed by atoms with Crippen LogP contribution in [0.5, 0.6) is 0 Å². The van der Waals surface area contributed by atoms with Crippen LogP contribution in [0.2, 0.25) is 0 Å². The van der Waals surface area contributed by atoms with Crippen LogP contribution in [-0.2, 0) is 10.0 Å². The van der Waals surface area contributed by atoms with Gasteiger partial charge in [-0.25, -0.2) is 13.1 Å². The Bertz CT molecular complexity index is 570. The molecule has 0 heterocycles. The molecule has 1 aromatic carbocycles. The molecule has 0 aliphatic carbocycles. The highest BCUT2D eigenvalue weighted by atomic mass is 32.2. The van der Waals surface area contributed by atoms with Gasteiger partial charge in [-0.2, -0.15) is 0 Å². The van der Waals surface area contributed by atoms with Gasteiger partial charge in [0.1, 0.15) is 4.90 Å². The molecule has 20 heavy (non-hydrogen) atoms. The van der Waals surface area contributed by atoms with Crippen LogP contribution in [0.1, 0.15) is 37.8 Å². The van der Waals surface area contributed by atoms with E-state index in [0.717, 1.165) is 5.56 Å². The molecule has 0 spiro atoms. The molecule has 5 nitrogen and oxygen atoms in total. The molecule has 0 radical (unpaired) electrons. The summed E-state index contributed by atoms with van der Waals surface area (Å²) in [6.07, 6.45) is 1.01. The molecule has 0 aliphatic heterocycles. The van der Waals surface area contributed by atoms with Crippen LogP contribution in [0, 0.1) is 13.8 Å². The van der Waals surface area contributed by atoms with Crippen LogP contribution >= 0.6 is 0 Å². The Morgan fingerprint density at radius 2 is 1.80 bits per heavy atom. The zero-order chi connectivity index (χ0) is 15.6. The number of nitrogens with two attached hydrogens (primary N) is 1. The molecule has 4 N–H and O–H groups in total. The molecule has 0 aromatic heterocycles. The largest absolute Gasteiger partial charge is 0.398 e. The Hall–Kier alpha value is -1.11. The molecule has 0 unspecified atom stereocenters. The Kier molecular flexibility index (Phi) is 5.18. The van der Waals surface area contributed by atoms with Gasteiger partial charge in [-0.15, -0.1) is 0 Å². The second-order valence-electron chi connectivity index (χ2n) is 5.18. The molecule has 6 heteroatoms. The van der Waals surface area contributed by atoms with E-state index in [4.69, 9.17) is 5.73 Å². The molecule has 0 saturated heterocycles. The minimum absolute atomic E-state index is 0.109. The third kappa shape index (κ3) is 3.13. The molecule has 0 fully saturated rings. The van der Waals surface area contributed by atoms with Crippen LogP contribution in [0.4, 0.5) is 5.69 Å². The number of nitrogen functional groups attached to an aromatic ring is 1. The first-order chi connectivity index (χ1) is 9.23. The van der Waals surface area contributed by atoms with Crippen molar-refractivity contribution in [1.82, 2.24) is 4.72 Å². The lowest BCUT2D eigenvalue weighted by molar-refractivity contribution is 0.172. The number of rotatable bonds is 6. The van der Waals surface area contributed by atoms with E-state index in [0.29, 0.717) is 18.4 Å². The van der Waals surface area contributed by atoms with Crippen molar-refractivity contribution < 1.29 is 13.5 Å². The van der Waals surface area contributed by atoms with Crippen LogP contribution < -0.4 is 10.5 Å². The Morgan fingerprint density at radius 3 is 2.25 bits per heavy atom. The predicted molar refractivity (Wildman–Crippen MR) is 81.0 cm³/mol. The van der Waals surface area contributed by atoms with Crippen molar-refractivity contribution in [2.24, 2.45) is 0 Å². The number of benzene rings is 1. The maximum Gasteiger partial charge on any atom is 0.243 e. The van der Waals surface area contributed by atoms with Crippen molar-refractivity contribution in [2.75, 3.05) is 12.3 Å². The number of nitrogens with one attached hydrogen (secondary N) is 1. The van der Waals surface area contributed by atoms with Crippen molar-refractivity contribution in [3.8, 4) is 0 Å². The fourth-order valence-electron chi connectivity index (χ4n) is 2.15. The summed E-state index contributed by atoms with van der Waals surface area (Å²) in [5, 5.41) is 9.52. The summed E-state index contributed by atoms with van der Waals surface area (Å²) < 4.78 is 27.9. The normalized spacial score (nSPS) is 12.7. The van der Waals surface area contributed by atoms with Gasteiger partial charge in [0, 0.05) is 0 Å². The number of aryl methyl sites for hydroxylation is 1. The molecule has 1 aromatic rings. The average Bonchev–Trinajstić information content (AvgIpc) is 2.40.